The molecule has 1 aliphatic heterocycles. The molecule has 0 spiro atoms. The van der Waals surface area contributed by atoms with Crippen molar-refractivity contribution in [2.24, 2.45) is 0 Å². The largest absolute Gasteiger partial charge is 0.496 e. The topological polar surface area (TPSA) is 67.9 Å². The zero-order valence-electron chi connectivity index (χ0n) is 19.1. The van der Waals surface area contributed by atoms with E-state index < -0.39 is 0 Å². The van der Waals surface area contributed by atoms with Crippen LogP contribution in [-0.4, -0.2) is 47.5 Å². The summed E-state index contributed by atoms with van der Waals surface area (Å²) in [6, 6.07) is 11.1. The van der Waals surface area contributed by atoms with Gasteiger partial charge in [-0.1, -0.05) is 12.1 Å². The molecule has 0 bridgehead atoms. The average Bonchev–Trinajstić information content (AvgIpc) is 3.28. The highest BCUT2D eigenvalue weighted by Gasteiger charge is 2.29. The van der Waals surface area contributed by atoms with Gasteiger partial charge in [0.15, 0.2) is 0 Å². The number of fused-ring (bicyclic) bond motifs is 1. The first-order valence-corrected chi connectivity index (χ1v) is 11.0. The molecule has 174 valence electrons. The summed E-state index contributed by atoms with van der Waals surface area (Å²) in [5, 5.41) is 0. The number of aromatic nitrogens is 1. The maximum Gasteiger partial charge on any atom is 0.259 e. The Hall–Kier alpha value is -3.39. The van der Waals surface area contributed by atoms with Crippen LogP contribution in [0.3, 0.4) is 0 Å². The summed E-state index contributed by atoms with van der Waals surface area (Å²) in [4.78, 5) is 30.3. The molecule has 4 rings (SSSR count). The minimum absolute atomic E-state index is 0.191. The van der Waals surface area contributed by atoms with Crippen LogP contribution in [0.15, 0.2) is 57.9 Å². The number of methoxy groups -OCH3 is 1. The standard InChI is InChI=1S/C25H28FN3O4/c1-17(21-5-4-14-33-21)27(2)25(31)24-20-10-11-28(16-18-6-8-19(26)9-7-18)12-13-29(20)23(30)15-22(24)32-3/h4-9,14-15,17H,10-13,16H2,1-3H3. The lowest BCUT2D eigenvalue weighted by Crippen LogP contribution is -2.34. The number of furan rings is 1. The number of pyridine rings is 1. The Bertz CT molecular complexity index is 1170. The highest BCUT2D eigenvalue weighted by atomic mass is 19.1. The average molecular weight is 454 g/mol. The first-order valence-electron chi connectivity index (χ1n) is 11.0. The number of rotatable bonds is 6. The first-order chi connectivity index (χ1) is 15.9. The predicted molar refractivity (Wildman–Crippen MR) is 122 cm³/mol. The SMILES string of the molecule is COc1cc(=O)n2c(c1C(=O)N(C)C(C)c1ccco1)CCN(Cc1ccc(F)cc1)CC2. The van der Waals surface area contributed by atoms with Crippen molar-refractivity contribution in [3.63, 3.8) is 0 Å². The molecule has 3 heterocycles. The van der Waals surface area contributed by atoms with Gasteiger partial charge in [0.2, 0.25) is 0 Å². The summed E-state index contributed by atoms with van der Waals surface area (Å²) in [5.74, 6) is 0.458. The lowest BCUT2D eigenvalue weighted by molar-refractivity contribution is 0.0720. The highest BCUT2D eigenvalue weighted by Crippen LogP contribution is 2.28. The fraction of sp³-hybridized carbons (Fsp3) is 0.360. The van der Waals surface area contributed by atoms with Gasteiger partial charge in [-0.25, -0.2) is 4.39 Å². The maximum absolute atomic E-state index is 13.6. The zero-order valence-corrected chi connectivity index (χ0v) is 19.1. The van der Waals surface area contributed by atoms with Crippen LogP contribution >= 0.6 is 0 Å². The first kappa shape index (κ1) is 22.8. The van der Waals surface area contributed by atoms with E-state index in [2.05, 4.69) is 4.90 Å². The molecule has 8 heteroatoms. The molecule has 33 heavy (non-hydrogen) atoms. The molecule has 0 saturated heterocycles. The second kappa shape index (κ2) is 9.62. The van der Waals surface area contributed by atoms with Crippen LogP contribution < -0.4 is 10.3 Å². The van der Waals surface area contributed by atoms with E-state index in [0.29, 0.717) is 49.6 Å². The van der Waals surface area contributed by atoms with E-state index >= 15 is 0 Å². The number of benzene rings is 1. The summed E-state index contributed by atoms with van der Waals surface area (Å²) in [6.07, 6.45) is 2.09. The van der Waals surface area contributed by atoms with Gasteiger partial charge in [0.25, 0.3) is 11.5 Å². The fourth-order valence-electron chi connectivity index (χ4n) is 4.26. The van der Waals surface area contributed by atoms with Gasteiger partial charge < -0.3 is 18.6 Å². The van der Waals surface area contributed by atoms with E-state index in [1.165, 1.54) is 25.3 Å². The quantitative estimate of drug-likeness (QED) is 0.572. The van der Waals surface area contributed by atoms with Crippen molar-refractivity contribution in [1.82, 2.24) is 14.4 Å². The number of carbonyl (C=O) groups excluding carboxylic acids is 1. The molecule has 1 amide bonds. The van der Waals surface area contributed by atoms with Gasteiger partial charge in [0.05, 0.1) is 19.4 Å². The molecular weight excluding hydrogens is 425 g/mol. The number of ether oxygens (including phenoxy) is 1. The van der Waals surface area contributed by atoms with Crippen molar-refractivity contribution in [3.8, 4) is 5.75 Å². The van der Waals surface area contributed by atoms with Crippen LogP contribution in [0.5, 0.6) is 5.75 Å². The van der Waals surface area contributed by atoms with Crippen LogP contribution in [0.4, 0.5) is 4.39 Å². The van der Waals surface area contributed by atoms with E-state index in [9.17, 15) is 14.0 Å². The molecule has 0 saturated carbocycles. The molecule has 1 aliphatic rings. The van der Waals surface area contributed by atoms with Gasteiger partial charge in [-0.2, -0.15) is 0 Å². The smallest absolute Gasteiger partial charge is 0.259 e. The minimum atomic E-state index is -0.287. The molecule has 0 N–H and O–H groups in total. The third-order valence-electron chi connectivity index (χ3n) is 6.30. The predicted octanol–water partition coefficient (Wildman–Crippen LogP) is 3.48. The Labute approximate surface area is 192 Å². The Morgan fingerprint density at radius 2 is 1.97 bits per heavy atom. The third kappa shape index (κ3) is 4.71. The summed E-state index contributed by atoms with van der Waals surface area (Å²) in [7, 11) is 3.19. The number of halogens is 1. The molecule has 0 fully saturated rings. The molecule has 2 aromatic heterocycles. The second-order valence-electron chi connectivity index (χ2n) is 8.28. The normalized spacial score (nSPS) is 14.9. The summed E-state index contributed by atoms with van der Waals surface area (Å²) in [5.41, 5.74) is 1.88. The lowest BCUT2D eigenvalue weighted by Gasteiger charge is -2.26. The number of hydrogen-bond donors (Lipinski definition) is 0. The van der Waals surface area contributed by atoms with Crippen molar-refractivity contribution in [3.05, 3.63) is 87.5 Å². The van der Waals surface area contributed by atoms with Crippen LogP contribution in [0, 0.1) is 5.82 Å². The van der Waals surface area contributed by atoms with Gasteiger partial charge in [-0.3, -0.25) is 14.5 Å². The Morgan fingerprint density at radius 3 is 2.64 bits per heavy atom. The number of carbonyl (C=O) groups is 1. The van der Waals surface area contributed by atoms with Crippen molar-refractivity contribution >= 4 is 5.91 Å². The molecular formula is C25H28FN3O4. The third-order valence-corrected chi connectivity index (χ3v) is 6.30. The van der Waals surface area contributed by atoms with Crippen LogP contribution in [0.25, 0.3) is 0 Å². The Morgan fingerprint density at radius 1 is 1.21 bits per heavy atom. The van der Waals surface area contributed by atoms with Gasteiger partial charge in [-0.15, -0.1) is 0 Å². The van der Waals surface area contributed by atoms with Gasteiger partial charge in [0.1, 0.15) is 22.9 Å². The van der Waals surface area contributed by atoms with E-state index in [1.807, 2.05) is 13.0 Å². The summed E-state index contributed by atoms with van der Waals surface area (Å²) >= 11 is 0. The molecule has 3 aromatic rings. The van der Waals surface area contributed by atoms with E-state index in [4.69, 9.17) is 9.15 Å². The van der Waals surface area contributed by atoms with Gasteiger partial charge in [0, 0.05) is 51.4 Å². The number of amides is 1. The molecule has 1 atom stereocenters. The summed E-state index contributed by atoms with van der Waals surface area (Å²) in [6.45, 7) is 4.28. The van der Waals surface area contributed by atoms with Crippen molar-refractivity contribution in [1.29, 1.82) is 0 Å². The van der Waals surface area contributed by atoms with Crippen molar-refractivity contribution in [2.75, 3.05) is 27.2 Å². The number of nitrogens with zero attached hydrogens (tertiary/aromatic N) is 3. The van der Waals surface area contributed by atoms with Crippen molar-refractivity contribution in [2.45, 2.75) is 32.5 Å². The van der Waals surface area contributed by atoms with Crippen LogP contribution in [0.2, 0.25) is 0 Å². The van der Waals surface area contributed by atoms with E-state index in [-0.39, 0.29) is 29.1 Å². The molecule has 0 radical (unpaired) electrons. The van der Waals surface area contributed by atoms with E-state index in [0.717, 1.165) is 5.56 Å². The van der Waals surface area contributed by atoms with Crippen LogP contribution in [-0.2, 0) is 19.5 Å². The number of hydrogen-bond acceptors (Lipinski definition) is 5. The maximum atomic E-state index is 13.6. The van der Waals surface area contributed by atoms with Gasteiger partial charge >= 0.3 is 0 Å². The monoisotopic (exact) mass is 453 g/mol. The minimum Gasteiger partial charge on any atom is -0.496 e. The highest BCUT2D eigenvalue weighted by molar-refractivity contribution is 5.98. The van der Waals surface area contributed by atoms with E-state index in [1.54, 1.807) is 41.0 Å². The Kier molecular flexibility index (Phi) is 6.65. The van der Waals surface area contributed by atoms with Crippen molar-refractivity contribution < 1.29 is 18.3 Å². The summed E-state index contributed by atoms with van der Waals surface area (Å²) < 4.78 is 25.9. The molecule has 0 aliphatic carbocycles. The lowest BCUT2D eigenvalue weighted by atomic mass is 10.1. The fourth-order valence-corrected chi connectivity index (χ4v) is 4.26. The zero-order chi connectivity index (χ0) is 23.5. The van der Waals surface area contributed by atoms with Gasteiger partial charge in [-0.05, 0) is 36.8 Å². The molecule has 7 nitrogen and oxygen atoms in total. The molecule has 1 aromatic carbocycles. The Balaban J connectivity index is 1.63. The second-order valence-corrected chi connectivity index (χ2v) is 8.28. The molecule has 1 unspecified atom stereocenters. The van der Waals surface area contributed by atoms with Crippen LogP contribution in [0.1, 0.15) is 40.3 Å².